The van der Waals surface area contributed by atoms with Crippen LogP contribution in [-0.4, -0.2) is 38.2 Å². The van der Waals surface area contributed by atoms with Gasteiger partial charge in [0, 0.05) is 6.07 Å². The first-order valence-corrected chi connectivity index (χ1v) is 18.3. The van der Waals surface area contributed by atoms with Gasteiger partial charge in [-0.15, -0.1) is 15.3 Å². The lowest BCUT2D eigenvalue weighted by atomic mass is 10.0. The Hall–Kier alpha value is -6.80. The van der Waals surface area contributed by atoms with Crippen LogP contribution >= 0.6 is 0 Å². The van der Waals surface area contributed by atoms with Crippen molar-refractivity contribution in [2.75, 3.05) is 24.3 Å². The van der Waals surface area contributed by atoms with E-state index in [2.05, 4.69) is 30.7 Å². The molecule has 0 heterocycles. The number of nitrogens with two attached hydrogens (primary N) is 3. The zero-order chi connectivity index (χ0) is 38.8. The maximum absolute atomic E-state index is 12.5. The second kappa shape index (κ2) is 14.7. The maximum atomic E-state index is 12.5. The molecule has 9 N–H and O–H groups in total. The van der Waals surface area contributed by atoms with Crippen LogP contribution in [0, 0.1) is 0 Å². The first kappa shape index (κ1) is 37.0. The fraction of sp³-hybridized carbons (Fsp3) is 0.0286. The molecule has 17 nitrogen and oxygen atoms in total. The van der Waals surface area contributed by atoms with Gasteiger partial charge in [-0.1, -0.05) is 42.5 Å². The van der Waals surface area contributed by atoms with Crippen molar-refractivity contribution in [1.29, 1.82) is 0 Å². The molecule has 0 spiro atoms. The molecule has 54 heavy (non-hydrogen) atoms. The number of phenols is 1. The summed E-state index contributed by atoms with van der Waals surface area (Å²) >= 11 is 0. The van der Waals surface area contributed by atoms with E-state index in [9.17, 15) is 31.0 Å². The number of fused-ring (bicyclic) bond motifs is 1. The van der Waals surface area contributed by atoms with Crippen molar-refractivity contribution in [2.24, 2.45) is 30.7 Å². The van der Waals surface area contributed by atoms with E-state index < -0.39 is 52.8 Å². The molecule has 6 aromatic rings. The highest BCUT2D eigenvalue weighted by Crippen LogP contribution is 2.48. The number of ether oxygens (including phenoxy) is 1. The summed E-state index contributed by atoms with van der Waals surface area (Å²) in [5, 5.41) is 34.9. The molecule has 0 aliphatic rings. The zero-order valence-electron chi connectivity index (χ0n) is 27.9. The molecule has 0 amide bonds. The average molecular weight is 768 g/mol. The normalized spacial score (nSPS) is 12.4. The third-order valence-corrected chi connectivity index (χ3v) is 9.61. The highest BCUT2D eigenvalue weighted by Gasteiger charge is 2.28. The highest BCUT2D eigenvalue weighted by atomic mass is 32.2. The van der Waals surface area contributed by atoms with E-state index in [1.54, 1.807) is 72.8 Å². The van der Waals surface area contributed by atoms with Gasteiger partial charge in [0.2, 0.25) is 0 Å². The van der Waals surface area contributed by atoms with Crippen LogP contribution in [0.25, 0.3) is 21.9 Å². The quantitative estimate of drug-likeness (QED) is 0.0435. The topological polar surface area (TPSA) is 290 Å². The van der Waals surface area contributed by atoms with Crippen LogP contribution in [0.3, 0.4) is 0 Å². The first-order chi connectivity index (χ1) is 25.6. The Morgan fingerprint density at radius 1 is 0.574 bits per heavy atom. The summed E-state index contributed by atoms with van der Waals surface area (Å²) in [6, 6.07) is 26.7. The van der Waals surface area contributed by atoms with Gasteiger partial charge in [-0.05, 0) is 71.1 Å². The SMILES string of the molecule is COc1cc(N=Nc2ccc(-c3ccc(N=Nc4c(S(=O)(=O)O)cc5cc(S(=O)(=O)O)c(N=Nc6ccccc6)c(O)c5c4N)cc3)cc2)c(N)cc1N. The minimum Gasteiger partial charge on any atom is -0.505 e. The number of benzene rings is 6. The second-order valence-corrected chi connectivity index (χ2v) is 14.2. The molecule has 6 aromatic carbocycles. The van der Waals surface area contributed by atoms with Gasteiger partial charge in [-0.3, -0.25) is 9.11 Å². The summed E-state index contributed by atoms with van der Waals surface area (Å²) in [4.78, 5) is -1.74. The van der Waals surface area contributed by atoms with Crippen molar-refractivity contribution in [3.63, 3.8) is 0 Å². The molecular weight excluding hydrogens is 739 g/mol. The number of rotatable bonds is 10. The fourth-order valence-corrected chi connectivity index (χ4v) is 6.56. The Morgan fingerprint density at radius 2 is 1.06 bits per heavy atom. The van der Waals surface area contributed by atoms with E-state index in [1.807, 2.05) is 12.1 Å². The summed E-state index contributed by atoms with van der Waals surface area (Å²) in [5.41, 5.74) is 20.2. The lowest BCUT2D eigenvalue weighted by Crippen LogP contribution is -2.03. The van der Waals surface area contributed by atoms with E-state index >= 15 is 0 Å². The number of hydrogen-bond donors (Lipinski definition) is 6. The number of phenolic OH excluding ortho intramolecular Hbond substituents is 1. The number of nitrogen functional groups attached to an aromatic ring is 3. The molecule has 0 fully saturated rings. The maximum Gasteiger partial charge on any atom is 0.296 e. The molecule has 0 saturated carbocycles. The molecule has 0 aliphatic carbocycles. The Labute approximate surface area is 307 Å². The molecule has 0 unspecified atom stereocenters. The van der Waals surface area contributed by atoms with Crippen molar-refractivity contribution in [1.82, 2.24) is 0 Å². The van der Waals surface area contributed by atoms with E-state index in [-0.39, 0.29) is 22.1 Å². The minimum absolute atomic E-state index is 0.254. The summed E-state index contributed by atoms with van der Waals surface area (Å²) < 4.78 is 74.7. The summed E-state index contributed by atoms with van der Waals surface area (Å²) in [6.07, 6.45) is 0. The molecule has 0 radical (unpaired) electrons. The Balaban J connectivity index is 1.32. The van der Waals surface area contributed by atoms with Crippen molar-refractivity contribution in [2.45, 2.75) is 9.79 Å². The standard InChI is InChI=1S/C35H29N9O8S2/c1-52-28-18-27(25(36)17-26(28)37)42-39-23-11-7-19(8-12-23)20-9-13-24(14-10-20)41-43-33-29(53(46,47)48)15-21-16-30(54(49,50)51)34(35(45)31(21)32(33)38)44-40-22-5-3-2-4-6-22/h2-18,45H,36-38H2,1H3,(H,46,47,48)(H,49,50,51). The van der Waals surface area contributed by atoms with Crippen molar-refractivity contribution >= 4 is 82.2 Å². The average Bonchev–Trinajstić information content (AvgIpc) is 3.13. The largest absolute Gasteiger partial charge is 0.505 e. The number of methoxy groups -OCH3 is 1. The molecule has 19 heteroatoms. The van der Waals surface area contributed by atoms with Crippen molar-refractivity contribution in [3.8, 4) is 22.6 Å². The molecule has 274 valence electrons. The lowest BCUT2D eigenvalue weighted by molar-refractivity contribution is 0.417. The smallest absolute Gasteiger partial charge is 0.296 e. The van der Waals surface area contributed by atoms with Gasteiger partial charge in [0.1, 0.15) is 32.6 Å². The molecule has 0 atom stereocenters. The Bertz CT molecular complexity index is 2730. The van der Waals surface area contributed by atoms with E-state index in [0.29, 0.717) is 28.5 Å². The van der Waals surface area contributed by atoms with Crippen LogP contribution in [0.15, 0.2) is 144 Å². The fourth-order valence-electron chi connectivity index (χ4n) is 5.23. The van der Waals surface area contributed by atoms with Crippen LogP contribution in [-0.2, 0) is 20.2 Å². The molecule has 6 rings (SSSR count). The van der Waals surface area contributed by atoms with Gasteiger partial charge < -0.3 is 27.0 Å². The Morgan fingerprint density at radius 3 is 1.57 bits per heavy atom. The van der Waals surface area contributed by atoms with Gasteiger partial charge in [-0.2, -0.15) is 32.2 Å². The number of anilines is 3. The van der Waals surface area contributed by atoms with Gasteiger partial charge in [0.15, 0.2) is 5.75 Å². The van der Waals surface area contributed by atoms with E-state index in [1.165, 1.54) is 13.2 Å². The van der Waals surface area contributed by atoms with Crippen LogP contribution in [0.4, 0.5) is 51.2 Å². The molecule has 0 aromatic heterocycles. The molecular formula is C35H29N9O8S2. The van der Waals surface area contributed by atoms with Crippen LogP contribution in [0.1, 0.15) is 0 Å². The van der Waals surface area contributed by atoms with Gasteiger partial charge in [0.25, 0.3) is 20.2 Å². The van der Waals surface area contributed by atoms with E-state index in [0.717, 1.165) is 23.3 Å². The Kier molecular flexibility index (Phi) is 10.0. The second-order valence-electron chi connectivity index (χ2n) is 11.4. The zero-order valence-corrected chi connectivity index (χ0v) is 29.6. The highest BCUT2D eigenvalue weighted by molar-refractivity contribution is 7.86. The molecule has 0 bridgehead atoms. The number of azo groups is 3. The molecule has 0 saturated heterocycles. The van der Waals surface area contributed by atoms with Crippen molar-refractivity contribution < 1.29 is 35.8 Å². The van der Waals surface area contributed by atoms with Gasteiger partial charge in [-0.25, -0.2) is 0 Å². The molecule has 0 aliphatic heterocycles. The predicted molar refractivity (Wildman–Crippen MR) is 202 cm³/mol. The third kappa shape index (κ3) is 7.83. The number of aromatic hydroxyl groups is 1. The summed E-state index contributed by atoms with van der Waals surface area (Å²) in [5.74, 6) is -0.439. The van der Waals surface area contributed by atoms with Crippen LogP contribution in [0.2, 0.25) is 0 Å². The van der Waals surface area contributed by atoms with Crippen molar-refractivity contribution in [3.05, 3.63) is 103 Å². The van der Waals surface area contributed by atoms with E-state index in [4.69, 9.17) is 21.9 Å². The van der Waals surface area contributed by atoms with Gasteiger partial charge >= 0.3 is 0 Å². The predicted octanol–water partition coefficient (Wildman–Crippen LogP) is 8.71. The van der Waals surface area contributed by atoms with Crippen LogP contribution in [0.5, 0.6) is 11.5 Å². The third-order valence-electron chi connectivity index (χ3n) is 7.88. The lowest BCUT2D eigenvalue weighted by Gasteiger charge is -2.14. The van der Waals surface area contributed by atoms with Crippen LogP contribution < -0.4 is 21.9 Å². The van der Waals surface area contributed by atoms with Gasteiger partial charge in [0.05, 0.1) is 46.6 Å². The minimum atomic E-state index is -5.04. The first-order valence-electron chi connectivity index (χ1n) is 15.4. The summed E-state index contributed by atoms with van der Waals surface area (Å²) in [7, 11) is -8.60. The number of hydrogen-bond acceptors (Lipinski definition) is 15. The summed E-state index contributed by atoms with van der Waals surface area (Å²) in [6.45, 7) is 0. The number of nitrogens with zero attached hydrogens (tertiary/aromatic N) is 6. The monoisotopic (exact) mass is 767 g/mol.